The van der Waals surface area contributed by atoms with Crippen molar-refractivity contribution in [1.29, 1.82) is 0 Å². The highest BCUT2D eigenvalue weighted by molar-refractivity contribution is 6.17. The van der Waals surface area contributed by atoms with Gasteiger partial charge in [-0.15, -0.1) is 11.6 Å². The summed E-state index contributed by atoms with van der Waals surface area (Å²) in [6, 6.07) is 0. The Morgan fingerprint density at radius 2 is 0.760 bits per heavy atom. The van der Waals surface area contributed by atoms with Gasteiger partial charge in [-0.3, -0.25) is 0 Å². The van der Waals surface area contributed by atoms with Crippen LogP contribution in [0, 0.1) is 5.41 Å². The minimum atomic E-state index is 0.684. The van der Waals surface area contributed by atoms with E-state index in [1.807, 2.05) is 0 Å². The van der Waals surface area contributed by atoms with E-state index in [2.05, 4.69) is 20.8 Å². The molecule has 0 aromatic rings. The van der Waals surface area contributed by atoms with Crippen LogP contribution in [0.25, 0.3) is 0 Å². The molecule has 25 heavy (non-hydrogen) atoms. The van der Waals surface area contributed by atoms with Gasteiger partial charge in [0.25, 0.3) is 0 Å². The summed E-state index contributed by atoms with van der Waals surface area (Å²) < 4.78 is 0. The maximum Gasteiger partial charge on any atom is 0.0223 e. The number of rotatable bonds is 20. The van der Waals surface area contributed by atoms with Crippen molar-refractivity contribution in [2.75, 3.05) is 5.88 Å². The van der Waals surface area contributed by atoms with Crippen molar-refractivity contribution in [2.45, 2.75) is 143 Å². The Bertz CT molecular complexity index is 227. The fourth-order valence-electron chi connectivity index (χ4n) is 4.24. The SMILES string of the molecule is CCCCC(CCCC)(CCCC)CCCCCCCCCCCCl. The fourth-order valence-corrected chi connectivity index (χ4v) is 4.43. The van der Waals surface area contributed by atoms with Gasteiger partial charge in [0, 0.05) is 5.88 Å². The van der Waals surface area contributed by atoms with Crippen molar-refractivity contribution < 1.29 is 0 Å². The third-order valence-electron chi connectivity index (χ3n) is 6.02. The highest BCUT2D eigenvalue weighted by atomic mass is 35.5. The van der Waals surface area contributed by atoms with Crippen LogP contribution in [-0.2, 0) is 0 Å². The first-order valence-corrected chi connectivity index (χ1v) is 12.3. The molecule has 0 aromatic carbocycles. The van der Waals surface area contributed by atoms with Gasteiger partial charge in [0.2, 0.25) is 0 Å². The second-order valence-corrected chi connectivity index (χ2v) is 8.81. The minimum Gasteiger partial charge on any atom is -0.127 e. The number of alkyl halides is 1. The summed E-state index contributed by atoms with van der Waals surface area (Å²) in [5, 5.41) is 0. The van der Waals surface area contributed by atoms with Crippen molar-refractivity contribution in [3.63, 3.8) is 0 Å². The highest BCUT2D eigenvalue weighted by Crippen LogP contribution is 2.41. The van der Waals surface area contributed by atoms with E-state index in [0.717, 1.165) is 5.88 Å². The molecule has 0 fully saturated rings. The first kappa shape index (κ1) is 25.3. The third-order valence-corrected chi connectivity index (χ3v) is 6.29. The van der Waals surface area contributed by atoms with Crippen LogP contribution in [0.5, 0.6) is 0 Å². The van der Waals surface area contributed by atoms with Crippen molar-refractivity contribution in [1.82, 2.24) is 0 Å². The van der Waals surface area contributed by atoms with Crippen LogP contribution in [0.15, 0.2) is 0 Å². The smallest absolute Gasteiger partial charge is 0.0223 e. The Morgan fingerprint density at radius 1 is 0.440 bits per heavy atom. The van der Waals surface area contributed by atoms with Gasteiger partial charge < -0.3 is 0 Å². The van der Waals surface area contributed by atoms with Gasteiger partial charge in [-0.2, -0.15) is 0 Å². The number of halogens is 1. The van der Waals surface area contributed by atoms with Gasteiger partial charge in [-0.05, 0) is 37.5 Å². The van der Waals surface area contributed by atoms with E-state index in [1.54, 1.807) is 0 Å². The Balaban J connectivity index is 4.01. The molecule has 0 unspecified atom stereocenters. The molecular weight excluding hydrogens is 324 g/mol. The summed E-state index contributed by atoms with van der Waals surface area (Å²) in [5.74, 6) is 0.843. The molecule has 0 aromatic heterocycles. The largest absolute Gasteiger partial charge is 0.127 e. The topological polar surface area (TPSA) is 0 Å². The number of hydrogen-bond donors (Lipinski definition) is 0. The molecule has 0 atom stereocenters. The summed E-state index contributed by atoms with van der Waals surface area (Å²) in [6.07, 6.45) is 27.0. The molecule has 0 bridgehead atoms. The van der Waals surface area contributed by atoms with Gasteiger partial charge >= 0.3 is 0 Å². The lowest BCUT2D eigenvalue weighted by atomic mass is 9.71. The van der Waals surface area contributed by atoms with Gasteiger partial charge in [0.1, 0.15) is 0 Å². The van der Waals surface area contributed by atoms with Crippen molar-refractivity contribution in [3.8, 4) is 0 Å². The van der Waals surface area contributed by atoms with E-state index in [9.17, 15) is 0 Å². The average Bonchev–Trinajstić information content (AvgIpc) is 2.64. The van der Waals surface area contributed by atoms with Crippen LogP contribution in [0.2, 0.25) is 0 Å². The predicted octanol–water partition coefficient (Wildman–Crippen LogP) is 9.68. The second kappa shape index (κ2) is 19.1. The summed E-state index contributed by atoms with van der Waals surface area (Å²) in [7, 11) is 0. The summed E-state index contributed by atoms with van der Waals surface area (Å²) in [5.41, 5.74) is 0.684. The normalized spacial score (nSPS) is 12.0. The predicted molar refractivity (Wildman–Crippen MR) is 118 cm³/mol. The van der Waals surface area contributed by atoms with E-state index in [0.29, 0.717) is 5.41 Å². The first-order chi connectivity index (χ1) is 12.2. The van der Waals surface area contributed by atoms with E-state index in [-0.39, 0.29) is 0 Å². The Kier molecular flexibility index (Phi) is 19.3. The summed E-state index contributed by atoms with van der Waals surface area (Å²) in [4.78, 5) is 0. The molecule has 0 saturated carbocycles. The fraction of sp³-hybridized carbons (Fsp3) is 1.00. The minimum absolute atomic E-state index is 0.684. The summed E-state index contributed by atoms with van der Waals surface area (Å²) in [6.45, 7) is 7.08. The third kappa shape index (κ3) is 15.1. The van der Waals surface area contributed by atoms with Gasteiger partial charge in [0.15, 0.2) is 0 Å². The van der Waals surface area contributed by atoms with Crippen LogP contribution in [0.1, 0.15) is 143 Å². The Hall–Kier alpha value is 0.290. The first-order valence-electron chi connectivity index (χ1n) is 11.8. The zero-order chi connectivity index (χ0) is 18.6. The van der Waals surface area contributed by atoms with Crippen LogP contribution in [0.4, 0.5) is 0 Å². The average molecular weight is 373 g/mol. The van der Waals surface area contributed by atoms with E-state index in [4.69, 9.17) is 11.6 Å². The summed E-state index contributed by atoms with van der Waals surface area (Å²) >= 11 is 5.73. The van der Waals surface area contributed by atoms with Crippen LogP contribution >= 0.6 is 11.6 Å². The monoisotopic (exact) mass is 372 g/mol. The molecule has 0 aliphatic heterocycles. The van der Waals surface area contributed by atoms with Crippen LogP contribution < -0.4 is 0 Å². The zero-order valence-corrected chi connectivity index (χ0v) is 18.8. The standard InChI is InChI=1S/C24H49Cl/c1-4-7-19-24(20-8-5-2,21-9-6-3)22-17-15-13-11-10-12-14-16-18-23-25/h4-23H2,1-3H3. The van der Waals surface area contributed by atoms with Gasteiger partial charge in [-0.1, -0.05) is 111 Å². The van der Waals surface area contributed by atoms with Gasteiger partial charge in [0.05, 0.1) is 0 Å². The van der Waals surface area contributed by atoms with E-state index >= 15 is 0 Å². The lowest BCUT2D eigenvalue weighted by Gasteiger charge is -2.35. The van der Waals surface area contributed by atoms with Crippen LogP contribution in [0.3, 0.4) is 0 Å². The molecule has 0 N–H and O–H groups in total. The molecule has 0 aliphatic rings. The van der Waals surface area contributed by atoms with Crippen molar-refractivity contribution >= 4 is 11.6 Å². The Labute approximate surface area is 165 Å². The molecular formula is C24H49Cl. The van der Waals surface area contributed by atoms with E-state index < -0.39 is 0 Å². The highest BCUT2D eigenvalue weighted by Gasteiger charge is 2.27. The molecule has 0 heterocycles. The van der Waals surface area contributed by atoms with Crippen LogP contribution in [-0.4, -0.2) is 5.88 Å². The quantitative estimate of drug-likeness (QED) is 0.147. The molecule has 0 aliphatic carbocycles. The van der Waals surface area contributed by atoms with E-state index in [1.165, 1.54) is 122 Å². The molecule has 0 spiro atoms. The lowest BCUT2D eigenvalue weighted by molar-refractivity contribution is 0.175. The molecule has 1 heteroatoms. The van der Waals surface area contributed by atoms with Crippen molar-refractivity contribution in [2.24, 2.45) is 5.41 Å². The maximum atomic E-state index is 5.73. The molecule has 0 rings (SSSR count). The molecule has 152 valence electrons. The zero-order valence-electron chi connectivity index (χ0n) is 18.0. The number of hydrogen-bond acceptors (Lipinski definition) is 0. The number of unbranched alkanes of at least 4 members (excludes halogenated alkanes) is 11. The second-order valence-electron chi connectivity index (χ2n) is 8.43. The van der Waals surface area contributed by atoms with Gasteiger partial charge in [-0.25, -0.2) is 0 Å². The molecule has 0 radical (unpaired) electrons. The molecule has 0 saturated heterocycles. The van der Waals surface area contributed by atoms with Crippen molar-refractivity contribution in [3.05, 3.63) is 0 Å². The molecule has 0 nitrogen and oxygen atoms in total. The molecule has 0 amide bonds. The Morgan fingerprint density at radius 3 is 1.12 bits per heavy atom. The lowest BCUT2D eigenvalue weighted by Crippen LogP contribution is -2.21. The maximum absolute atomic E-state index is 5.73.